The molecule has 1 aromatic heterocycles. The molecule has 0 fully saturated rings. The van der Waals surface area contributed by atoms with E-state index < -0.39 is 0 Å². The largest absolute Gasteiger partial charge is 0.497 e. The zero-order chi connectivity index (χ0) is 15.4. The van der Waals surface area contributed by atoms with Gasteiger partial charge < -0.3 is 4.74 Å². The van der Waals surface area contributed by atoms with Crippen LogP contribution in [0.15, 0.2) is 48.5 Å². The molecule has 0 radical (unpaired) electrons. The summed E-state index contributed by atoms with van der Waals surface area (Å²) in [6.45, 7) is 0.495. The van der Waals surface area contributed by atoms with Gasteiger partial charge in [0, 0.05) is 5.56 Å². The van der Waals surface area contributed by atoms with Crippen LogP contribution >= 0.6 is 0 Å². The minimum absolute atomic E-state index is 0.495. The Hall–Kier alpha value is -3.20. The second kappa shape index (κ2) is 6.06. The number of methoxy groups -OCH3 is 1. The van der Waals surface area contributed by atoms with E-state index in [1.165, 1.54) is 0 Å². The number of aromatic nitrogens is 4. The van der Waals surface area contributed by atoms with Gasteiger partial charge in [0.1, 0.15) is 5.75 Å². The van der Waals surface area contributed by atoms with Gasteiger partial charge in [0.25, 0.3) is 0 Å². The van der Waals surface area contributed by atoms with Crippen molar-refractivity contribution in [1.82, 2.24) is 20.2 Å². The van der Waals surface area contributed by atoms with Crippen molar-refractivity contribution in [2.75, 3.05) is 7.11 Å². The minimum Gasteiger partial charge on any atom is -0.497 e. The van der Waals surface area contributed by atoms with Crippen LogP contribution in [0.2, 0.25) is 0 Å². The topological polar surface area (TPSA) is 76.6 Å². The van der Waals surface area contributed by atoms with E-state index in [1.807, 2.05) is 42.5 Å². The summed E-state index contributed by atoms with van der Waals surface area (Å²) in [4.78, 5) is 0. The molecule has 0 unspecified atom stereocenters. The van der Waals surface area contributed by atoms with Crippen LogP contribution in [0.1, 0.15) is 11.1 Å². The normalized spacial score (nSPS) is 10.2. The SMILES string of the molecule is COc1cccc(-c2nnnn2Cc2cccc(C#N)c2)c1. The molecule has 0 aliphatic carbocycles. The van der Waals surface area contributed by atoms with E-state index in [0.29, 0.717) is 17.9 Å². The highest BCUT2D eigenvalue weighted by atomic mass is 16.5. The maximum atomic E-state index is 8.97. The predicted molar refractivity (Wildman–Crippen MR) is 80.1 cm³/mol. The zero-order valence-corrected chi connectivity index (χ0v) is 12.0. The number of ether oxygens (including phenoxy) is 1. The summed E-state index contributed by atoms with van der Waals surface area (Å²) in [6.07, 6.45) is 0. The molecule has 0 amide bonds. The number of nitrogens with zero attached hydrogens (tertiary/aromatic N) is 5. The molecule has 108 valence electrons. The highest BCUT2D eigenvalue weighted by Gasteiger charge is 2.10. The number of benzene rings is 2. The van der Waals surface area contributed by atoms with Gasteiger partial charge in [-0.3, -0.25) is 0 Å². The molecule has 1 heterocycles. The molecule has 0 aliphatic rings. The first kappa shape index (κ1) is 13.8. The van der Waals surface area contributed by atoms with Crippen LogP contribution in [0.25, 0.3) is 11.4 Å². The fourth-order valence-corrected chi connectivity index (χ4v) is 2.19. The summed E-state index contributed by atoms with van der Waals surface area (Å²) in [5.74, 6) is 1.40. The third kappa shape index (κ3) is 2.79. The van der Waals surface area contributed by atoms with Crippen LogP contribution in [0.3, 0.4) is 0 Å². The van der Waals surface area contributed by atoms with Crippen molar-refractivity contribution in [3.63, 3.8) is 0 Å². The van der Waals surface area contributed by atoms with E-state index in [1.54, 1.807) is 17.9 Å². The number of hydrogen-bond acceptors (Lipinski definition) is 5. The van der Waals surface area contributed by atoms with E-state index in [-0.39, 0.29) is 0 Å². The van der Waals surface area contributed by atoms with E-state index in [2.05, 4.69) is 21.6 Å². The van der Waals surface area contributed by atoms with Crippen LogP contribution < -0.4 is 4.74 Å². The smallest absolute Gasteiger partial charge is 0.182 e. The third-order valence-electron chi connectivity index (χ3n) is 3.25. The Morgan fingerprint density at radius 2 is 2.05 bits per heavy atom. The molecule has 22 heavy (non-hydrogen) atoms. The monoisotopic (exact) mass is 291 g/mol. The van der Waals surface area contributed by atoms with Crippen LogP contribution in [0, 0.1) is 11.3 Å². The molecule has 0 saturated carbocycles. The van der Waals surface area contributed by atoms with Crippen molar-refractivity contribution in [1.29, 1.82) is 5.26 Å². The van der Waals surface area contributed by atoms with Crippen molar-refractivity contribution in [3.8, 4) is 23.2 Å². The quantitative estimate of drug-likeness (QED) is 0.737. The molecule has 3 aromatic rings. The predicted octanol–water partition coefficient (Wildman–Crippen LogP) is 2.27. The molecule has 0 N–H and O–H groups in total. The van der Waals surface area contributed by atoms with Gasteiger partial charge in [-0.2, -0.15) is 5.26 Å². The lowest BCUT2D eigenvalue weighted by molar-refractivity contribution is 0.415. The first-order chi connectivity index (χ1) is 10.8. The Balaban J connectivity index is 1.93. The zero-order valence-electron chi connectivity index (χ0n) is 12.0. The van der Waals surface area contributed by atoms with Gasteiger partial charge in [0.2, 0.25) is 0 Å². The van der Waals surface area contributed by atoms with E-state index in [0.717, 1.165) is 16.9 Å². The first-order valence-electron chi connectivity index (χ1n) is 6.70. The van der Waals surface area contributed by atoms with E-state index in [4.69, 9.17) is 10.00 Å². The molecule has 0 spiro atoms. The molecule has 0 aliphatic heterocycles. The Kier molecular flexibility index (Phi) is 3.79. The van der Waals surface area contributed by atoms with Crippen molar-refractivity contribution >= 4 is 0 Å². The Bertz CT molecular complexity index is 834. The fourth-order valence-electron chi connectivity index (χ4n) is 2.19. The summed E-state index contributed by atoms with van der Waals surface area (Å²) in [5.41, 5.74) is 2.46. The Labute approximate surface area is 127 Å². The first-order valence-corrected chi connectivity index (χ1v) is 6.70. The molecular weight excluding hydrogens is 278 g/mol. The Morgan fingerprint density at radius 3 is 2.86 bits per heavy atom. The molecule has 3 rings (SSSR count). The molecular formula is C16H13N5O. The van der Waals surface area contributed by atoms with Gasteiger partial charge in [0.05, 0.1) is 25.3 Å². The van der Waals surface area contributed by atoms with Gasteiger partial charge >= 0.3 is 0 Å². The molecule has 0 saturated heterocycles. The second-order valence-corrected chi connectivity index (χ2v) is 4.70. The molecule has 0 atom stereocenters. The van der Waals surface area contributed by atoms with Crippen LogP contribution in [0.5, 0.6) is 5.75 Å². The maximum Gasteiger partial charge on any atom is 0.182 e. The number of tetrazole rings is 1. The highest BCUT2D eigenvalue weighted by molar-refractivity contribution is 5.57. The van der Waals surface area contributed by atoms with Gasteiger partial charge in [-0.05, 0) is 40.3 Å². The van der Waals surface area contributed by atoms with Crippen LogP contribution in [-0.2, 0) is 6.54 Å². The van der Waals surface area contributed by atoms with E-state index in [9.17, 15) is 0 Å². The molecule has 2 aromatic carbocycles. The van der Waals surface area contributed by atoms with Gasteiger partial charge in [-0.15, -0.1) is 5.10 Å². The average Bonchev–Trinajstić information content (AvgIpc) is 3.03. The van der Waals surface area contributed by atoms with Crippen LogP contribution in [0.4, 0.5) is 0 Å². The summed E-state index contributed by atoms with van der Waals surface area (Å²) in [7, 11) is 1.62. The van der Waals surface area contributed by atoms with Gasteiger partial charge in [-0.1, -0.05) is 24.3 Å². The second-order valence-electron chi connectivity index (χ2n) is 4.70. The third-order valence-corrected chi connectivity index (χ3v) is 3.25. The number of hydrogen-bond donors (Lipinski definition) is 0. The highest BCUT2D eigenvalue weighted by Crippen LogP contribution is 2.21. The maximum absolute atomic E-state index is 8.97. The standard InChI is InChI=1S/C16H13N5O/c1-22-15-7-3-6-14(9-15)16-18-19-20-21(16)11-13-5-2-4-12(8-13)10-17/h2-9H,11H2,1H3. The lowest BCUT2D eigenvalue weighted by atomic mass is 10.1. The van der Waals surface area contributed by atoms with Crippen molar-refractivity contribution < 1.29 is 4.74 Å². The molecule has 0 bridgehead atoms. The lowest BCUT2D eigenvalue weighted by Crippen LogP contribution is -2.04. The summed E-state index contributed by atoms with van der Waals surface area (Å²) < 4.78 is 6.93. The average molecular weight is 291 g/mol. The van der Waals surface area contributed by atoms with Gasteiger partial charge in [-0.25, -0.2) is 4.68 Å². The van der Waals surface area contributed by atoms with Crippen molar-refractivity contribution in [3.05, 3.63) is 59.7 Å². The van der Waals surface area contributed by atoms with E-state index >= 15 is 0 Å². The summed E-state index contributed by atoms with van der Waals surface area (Å²) >= 11 is 0. The van der Waals surface area contributed by atoms with Crippen molar-refractivity contribution in [2.45, 2.75) is 6.54 Å². The number of nitriles is 1. The fraction of sp³-hybridized carbons (Fsp3) is 0.125. The van der Waals surface area contributed by atoms with Gasteiger partial charge in [0.15, 0.2) is 5.82 Å². The minimum atomic E-state index is 0.495. The molecule has 6 heteroatoms. The number of rotatable bonds is 4. The summed E-state index contributed by atoms with van der Waals surface area (Å²) in [5, 5.41) is 20.8. The van der Waals surface area contributed by atoms with Crippen LogP contribution in [-0.4, -0.2) is 27.3 Å². The summed E-state index contributed by atoms with van der Waals surface area (Å²) in [6, 6.07) is 17.1. The molecule has 6 nitrogen and oxygen atoms in total. The lowest BCUT2D eigenvalue weighted by Gasteiger charge is -2.06. The Morgan fingerprint density at radius 1 is 1.18 bits per heavy atom. The van der Waals surface area contributed by atoms with Crippen molar-refractivity contribution in [2.24, 2.45) is 0 Å².